The highest BCUT2D eigenvalue weighted by Crippen LogP contribution is 2.40. The summed E-state index contributed by atoms with van der Waals surface area (Å²) in [6, 6.07) is 0. The summed E-state index contributed by atoms with van der Waals surface area (Å²) < 4.78 is 22.2. The molecule has 0 aromatic rings. The zero-order chi connectivity index (χ0) is 10.7. The Bertz CT molecular complexity index is 266. The summed E-state index contributed by atoms with van der Waals surface area (Å²) in [5.74, 6) is 0.905. The van der Waals surface area contributed by atoms with E-state index in [0.717, 1.165) is 19.3 Å². The lowest BCUT2D eigenvalue weighted by molar-refractivity contribution is 0.213. The van der Waals surface area contributed by atoms with Gasteiger partial charge in [0.25, 0.3) is 0 Å². The maximum absolute atomic E-state index is 11.1. The highest BCUT2D eigenvalue weighted by Gasteiger charge is 2.31. The first-order valence-electron chi connectivity index (χ1n) is 5.21. The normalized spacial score (nSPS) is 22.1. The minimum Gasteiger partial charge on any atom is -0.229 e. The minimum absolute atomic E-state index is 0.114. The molecule has 1 fully saturated rings. The molecule has 0 aromatic heterocycles. The van der Waals surface area contributed by atoms with Crippen LogP contribution < -0.4 is 0 Å². The summed E-state index contributed by atoms with van der Waals surface area (Å²) in [6.07, 6.45) is 7.94. The van der Waals surface area contributed by atoms with Crippen LogP contribution in [0.2, 0.25) is 0 Å². The van der Waals surface area contributed by atoms with E-state index in [1.807, 2.05) is 0 Å². The highest BCUT2D eigenvalue weighted by atomic mass is 35.5. The molecule has 0 saturated heterocycles. The first-order valence-corrected chi connectivity index (χ1v) is 7.81. The molecule has 0 heterocycles. The van der Waals surface area contributed by atoms with E-state index < -0.39 is 9.84 Å². The molecule has 84 valence electrons. The van der Waals surface area contributed by atoms with E-state index in [1.54, 1.807) is 0 Å². The summed E-state index contributed by atoms with van der Waals surface area (Å²) in [5.41, 5.74) is 0.114. The van der Waals surface area contributed by atoms with E-state index in [-0.39, 0.29) is 5.41 Å². The molecule has 0 amide bonds. The van der Waals surface area contributed by atoms with Crippen LogP contribution in [0.5, 0.6) is 0 Å². The minimum atomic E-state index is -2.83. The second kappa shape index (κ2) is 4.84. The molecule has 0 aromatic carbocycles. The van der Waals surface area contributed by atoms with Crippen molar-refractivity contribution in [3.63, 3.8) is 0 Å². The quantitative estimate of drug-likeness (QED) is 0.706. The van der Waals surface area contributed by atoms with Gasteiger partial charge in [-0.3, -0.25) is 0 Å². The predicted molar refractivity (Wildman–Crippen MR) is 60.6 cm³/mol. The largest absolute Gasteiger partial charge is 0.229 e. The number of alkyl halides is 1. The van der Waals surface area contributed by atoms with Crippen LogP contribution in [0.15, 0.2) is 0 Å². The van der Waals surface area contributed by atoms with E-state index >= 15 is 0 Å². The van der Waals surface area contributed by atoms with Crippen molar-refractivity contribution >= 4 is 21.4 Å². The molecule has 4 heteroatoms. The van der Waals surface area contributed by atoms with Crippen molar-refractivity contribution in [1.29, 1.82) is 0 Å². The van der Waals surface area contributed by atoms with Crippen molar-refractivity contribution in [3.05, 3.63) is 0 Å². The van der Waals surface area contributed by atoms with E-state index in [4.69, 9.17) is 11.6 Å². The summed E-state index contributed by atoms with van der Waals surface area (Å²) in [6.45, 7) is 0. The van der Waals surface area contributed by atoms with Gasteiger partial charge >= 0.3 is 0 Å². The lowest BCUT2D eigenvalue weighted by Gasteiger charge is -2.35. The third-order valence-corrected chi connectivity index (χ3v) is 4.71. The molecule has 1 aliphatic carbocycles. The van der Waals surface area contributed by atoms with Crippen molar-refractivity contribution in [2.45, 2.75) is 38.5 Å². The first kappa shape index (κ1) is 12.3. The van der Waals surface area contributed by atoms with Gasteiger partial charge in [-0.15, -0.1) is 11.6 Å². The van der Waals surface area contributed by atoms with Crippen molar-refractivity contribution in [2.75, 3.05) is 17.9 Å². The van der Waals surface area contributed by atoms with Gasteiger partial charge in [-0.2, -0.15) is 0 Å². The fourth-order valence-electron chi connectivity index (χ4n) is 2.15. The molecule has 0 atom stereocenters. The molecule has 0 unspecified atom stereocenters. The Morgan fingerprint density at radius 2 is 1.79 bits per heavy atom. The SMILES string of the molecule is CS(=O)(=O)CCC1(CCl)CCCCC1. The van der Waals surface area contributed by atoms with Crippen LogP contribution >= 0.6 is 11.6 Å². The van der Waals surface area contributed by atoms with Gasteiger partial charge in [-0.05, 0) is 24.7 Å². The van der Waals surface area contributed by atoms with Crippen LogP contribution in [0.4, 0.5) is 0 Å². The van der Waals surface area contributed by atoms with E-state index in [1.165, 1.54) is 25.5 Å². The molecule has 14 heavy (non-hydrogen) atoms. The highest BCUT2D eigenvalue weighted by molar-refractivity contribution is 7.90. The number of sulfone groups is 1. The van der Waals surface area contributed by atoms with Gasteiger partial charge in [0, 0.05) is 12.1 Å². The average Bonchev–Trinajstić information content (AvgIpc) is 2.15. The van der Waals surface area contributed by atoms with Gasteiger partial charge < -0.3 is 0 Å². The second-order valence-electron chi connectivity index (χ2n) is 4.57. The van der Waals surface area contributed by atoms with Crippen molar-refractivity contribution in [2.24, 2.45) is 5.41 Å². The first-order chi connectivity index (χ1) is 6.47. The van der Waals surface area contributed by atoms with Gasteiger partial charge in [0.2, 0.25) is 0 Å². The number of hydrogen-bond acceptors (Lipinski definition) is 2. The van der Waals surface area contributed by atoms with Crippen LogP contribution in [0.3, 0.4) is 0 Å². The van der Waals surface area contributed by atoms with Gasteiger partial charge in [-0.25, -0.2) is 8.42 Å². The fraction of sp³-hybridized carbons (Fsp3) is 1.00. The smallest absolute Gasteiger partial charge is 0.147 e. The summed E-state index contributed by atoms with van der Waals surface area (Å²) >= 11 is 5.97. The molecule has 0 N–H and O–H groups in total. The maximum Gasteiger partial charge on any atom is 0.147 e. The van der Waals surface area contributed by atoms with Crippen LogP contribution in [-0.4, -0.2) is 26.3 Å². The van der Waals surface area contributed by atoms with E-state index in [2.05, 4.69) is 0 Å². The fourth-order valence-corrected chi connectivity index (χ4v) is 3.36. The molecular weight excluding hydrogens is 220 g/mol. The van der Waals surface area contributed by atoms with Crippen LogP contribution in [0.1, 0.15) is 38.5 Å². The Hall–Kier alpha value is 0.240. The Labute approximate surface area is 91.9 Å². The third kappa shape index (κ3) is 3.77. The Morgan fingerprint density at radius 1 is 1.21 bits per heavy atom. The molecule has 0 radical (unpaired) electrons. The molecule has 1 rings (SSSR count). The van der Waals surface area contributed by atoms with E-state index in [9.17, 15) is 8.42 Å². The number of rotatable bonds is 4. The monoisotopic (exact) mass is 238 g/mol. The molecule has 1 saturated carbocycles. The second-order valence-corrected chi connectivity index (χ2v) is 7.10. The predicted octanol–water partition coefficient (Wildman–Crippen LogP) is 2.61. The third-order valence-electron chi connectivity index (χ3n) is 3.20. The molecular formula is C10H19ClO2S. The number of hydrogen-bond donors (Lipinski definition) is 0. The van der Waals surface area contributed by atoms with Crippen LogP contribution in [0.25, 0.3) is 0 Å². The number of halogens is 1. The van der Waals surface area contributed by atoms with Gasteiger partial charge in [0.15, 0.2) is 0 Å². The molecule has 0 aliphatic heterocycles. The van der Waals surface area contributed by atoms with E-state index in [0.29, 0.717) is 11.6 Å². The zero-order valence-electron chi connectivity index (χ0n) is 8.76. The van der Waals surface area contributed by atoms with Gasteiger partial charge in [-0.1, -0.05) is 19.3 Å². The average molecular weight is 239 g/mol. The lowest BCUT2D eigenvalue weighted by atomic mass is 9.74. The summed E-state index contributed by atoms with van der Waals surface area (Å²) in [4.78, 5) is 0. The van der Waals surface area contributed by atoms with Crippen LogP contribution in [-0.2, 0) is 9.84 Å². The molecule has 0 bridgehead atoms. The zero-order valence-corrected chi connectivity index (χ0v) is 10.3. The van der Waals surface area contributed by atoms with Gasteiger partial charge in [0.1, 0.15) is 9.84 Å². The Balaban J connectivity index is 2.52. The Kier molecular flexibility index (Phi) is 4.26. The Morgan fingerprint density at radius 3 is 2.21 bits per heavy atom. The standard InChI is InChI=1S/C10H19ClO2S/c1-14(12,13)8-7-10(9-11)5-3-2-4-6-10/h2-9H2,1H3. The van der Waals surface area contributed by atoms with Crippen molar-refractivity contribution in [1.82, 2.24) is 0 Å². The molecule has 2 nitrogen and oxygen atoms in total. The van der Waals surface area contributed by atoms with Crippen LogP contribution in [0, 0.1) is 5.41 Å². The molecule has 0 spiro atoms. The maximum atomic E-state index is 11.1. The van der Waals surface area contributed by atoms with Crippen molar-refractivity contribution in [3.8, 4) is 0 Å². The van der Waals surface area contributed by atoms with Gasteiger partial charge in [0.05, 0.1) is 5.75 Å². The topological polar surface area (TPSA) is 34.1 Å². The summed E-state index contributed by atoms with van der Waals surface area (Å²) in [5, 5.41) is 0. The summed E-state index contributed by atoms with van der Waals surface area (Å²) in [7, 11) is -2.83. The van der Waals surface area contributed by atoms with Crippen molar-refractivity contribution < 1.29 is 8.42 Å². The molecule has 1 aliphatic rings. The lowest BCUT2D eigenvalue weighted by Crippen LogP contribution is -2.28.